The molecular weight excluding hydrogens is 253 g/mol. The lowest BCUT2D eigenvalue weighted by molar-refractivity contribution is 0.335. The van der Waals surface area contributed by atoms with Gasteiger partial charge in [0.15, 0.2) is 0 Å². The van der Waals surface area contributed by atoms with E-state index in [0.29, 0.717) is 6.42 Å². The van der Waals surface area contributed by atoms with Gasteiger partial charge >= 0.3 is 0 Å². The van der Waals surface area contributed by atoms with Crippen molar-refractivity contribution in [2.75, 3.05) is 11.9 Å². The second-order valence-electron chi connectivity index (χ2n) is 5.32. The number of halogens is 1. The Balaban J connectivity index is 1.86. The summed E-state index contributed by atoms with van der Waals surface area (Å²) >= 11 is 0. The maximum atomic E-state index is 14.7. The van der Waals surface area contributed by atoms with Gasteiger partial charge in [0.05, 0.1) is 5.69 Å². The summed E-state index contributed by atoms with van der Waals surface area (Å²) in [5.41, 5.74) is 4.92. The van der Waals surface area contributed by atoms with Gasteiger partial charge in [0, 0.05) is 36.5 Å². The zero-order chi connectivity index (χ0) is 14.1. The van der Waals surface area contributed by atoms with Crippen LogP contribution in [-0.2, 0) is 19.4 Å². The standard InChI is InChI=1S/C16H20FN3/c1-3-20-13(9-11(2)19-20)10-15(17)14-6-4-5-12-7-8-18-16(12)14/h4-6,9,15,18H,3,7-8,10H2,1-2H3. The van der Waals surface area contributed by atoms with Crippen molar-refractivity contribution in [3.05, 3.63) is 46.8 Å². The number of nitrogens with one attached hydrogen (secondary N) is 1. The molecule has 1 aromatic carbocycles. The number of nitrogens with zero attached hydrogens (tertiary/aromatic N) is 2. The van der Waals surface area contributed by atoms with Crippen LogP contribution in [-0.4, -0.2) is 16.3 Å². The van der Waals surface area contributed by atoms with Gasteiger partial charge in [-0.25, -0.2) is 4.39 Å². The maximum absolute atomic E-state index is 14.7. The van der Waals surface area contributed by atoms with Crippen molar-refractivity contribution in [1.82, 2.24) is 9.78 Å². The van der Waals surface area contributed by atoms with Crippen molar-refractivity contribution >= 4 is 5.69 Å². The maximum Gasteiger partial charge on any atom is 0.133 e. The molecule has 0 saturated carbocycles. The van der Waals surface area contributed by atoms with Crippen LogP contribution in [0.4, 0.5) is 10.1 Å². The van der Waals surface area contributed by atoms with Gasteiger partial charge in [-0.2, -0.15) is 5.10 Å². The molecule has 2 heterocycles. The highest BCUT2D eigenvalue weighted by molar-refractivity contribution is 5.62. The van der Waals surface area contributed by atoms with E-state index in [1.54, 1.807) is 0 Å². The Bertz CT molecular complexity index is 618. The van der Waals surface area contributed by atoms with E-state index in [1.165, 1.54) is 5.56 Å². The quantitative estimate of drug-likeness (QED) is 0.925. The number of anilines is 1. The molecule has 1 aromatic heterocycles. The van der Waals surface area contributed by atoms with Crippen LogP contribution in [0.2, 0.25) is 0 Å². The van der Waals surface area contributed by atoms with Crippen LogP contribution >= 0.6 is 0 Å². The van der Waals surface area contributed by atoms with Gasteiger partial charge in [0.2, 0.25) is 0 Å². The summed E-state index contributed by atoms with van der Waals surface area (Å²) < 4.78 is 16.6. The lowest BCUT2D eigenvalue weighted by atomic mass is 10.0. The Hall–Kier alpha value is -1.84. The van der Waals surface area contributed by atoms with Crippen LogP contribution in [0.1, 0.15) is 35.6 Å². The minimum absolute atomic E-state index is 0.382. The predicted octanol–water partition coefficient (Wildman–Crippen LogP) is 3.43. The van der Waals surface area contributed by atoms with E-state index >= 15 is 0 Å². The van der Waals surface area contributed by atoms with Gasteiger partial charge in [-0.15, -0.1) is 0 Å². The van der Waals surface area contributed by atoms with Crippen LogP contribution in [0, 0.1) is 6.92 Å². The molecule has 0 saturated heterocycles. The van der Waals surface area contributed by atoms with Gasteiger partial charge < -0.3 is 5.32 Å². The largest absolute Gasteiger partial charge is 0.384 e. The monoisotopic (exact) mass is 273 g/mol. The number of benzene rings is 1. The number of hydrogen-bond donors (Lipinski definition) is 1. The van der Waals surface area contributed by atoms with Crippen LogP contribution in [0.25, 0.3) is 0 Å². The van der Waals surface area contributed by atoms with E-state index < -0.39 is 6.17 Å². The Kier molecular flexibility index (Phi) is 3.47. The highest BCUT2D eigenvalue weighted by Gasteiger charge is 2.21. The predicted molar refractivity (Wildman–Crippen MR) is 78.8 cm³/mol. The van der Waals surface area contributed by atoms with E-state index in [0.717, 1.165) is 42.1 Å². The molecule has 3 rings (SSSR count). The number of rotatable bonds is 4. The lowest BCUT2D eigenvalue weighted by Gasteiger charge is -2.14. The van der Waals surface area contributed by atoms with E-state index in [2.05, 4.69) is 16.5 Å². The third-order valence-electron chi connectivity index (χ3n) is 3.89. The van der Waals surface area contributed by atoms with Gasteiger partial charge in [0.25, 0.3) is 0 Å². The average molecular weight is 273 g/mol. The molecule has 0 spiro atoms. The topological polar surface area (TPSA) is 29.9 Å². The number of alkyl halides is 1. The summed E-state index contributed by atoms with van der Waals surface area (Å²) in [6.07, 6.45) is 0.381. The van der Waals surface area contributed by atoms with Crippen LogP contribution < -0.4 is 5.32 Å². The van der Waals surface area contributed by atoms with Crippen LogP contribution in [0.5, 0.6) is 0 Å². The van der Waals surface area contributed by atoms with Crippen molar-refractivity contribution < 1.29 is 4.39 Å². The minimum atomic E-state index is -0.989. The number of para-hydroxylation sites is 1. The van der Waals surface area contributed by atoms with Crippen LogP contribution in [0.3, 0.4) is 0 Å². The summed E-state index contributed by atoms with van der Waals surface area (Å²) in [6, 6.07) is 7.90. The molecule has 2 aromatic rings. The first-order valence-corrected chi connectivity index (χ1v) is 7.22. The lowest BCUT2D eigenvalue weighted by Crippen LogP contribution is -2.07. The van der Waals surface area contributed by atoms with Crippen molar-refractivity contribution in [3.63, 3.8) is 0 Å². The van der Waals surface area contributed by atoms with E-state index in [-0.39, 0.29) is 0 Å². The summed E-state index contributed by atoms with van der Waals surface area (Å²) in [5, 5.41) is 7.69. The van der Waals surface area contributed by atoms with Crippen LogP contribution in [0.15, 0.2) is 24.3 Å². The SMILES string of the molecule is CCn1nc(C)cc1CC(F)c1cccc2c1NCC2. The summed E-state index contributed by atoms with van der Waals surface area (Å²) in [4.78, 5) is 0. The average Bonchev–Trinajstić information content (AvgIpc) is 3.04. The normalized spacial score (nSPS) is 14.9. The number of aryl methyl sites for hydroxylation is 2. The molecule has 4 heteroatoms. The summed E-state index contributed by atoms with van der Waals surface area (Å²) in [7, 11) is 0. The fourth-order valence-corrected chi connectivity index (χ4v) is 2.96. The Morgan fingerprint density at radius 2 is 2.30 bits per heavy atom. The first kappa shape index (κ1) is 13.2. The number of aromatic nitrogens is 2. The zero-order valence-corrected chi connectivity index (χ0v) is 12.0. The van der Waals surface area contributed by atoms with Crippen molar-refractivity contribution in [2.24, 2.45) is 0 Å². The molecule has 1 unspecified atom stereocenters. The fraction of sp³-hybridized carbons (Fsp3) is 0.438. The van der Waals surface area contributed by atoms with E-state index in [4.69, 9.17) is 0 Å². The second kappa shape index (κ2) is 5.27. The molecule has 0 radical (unpaired) electrons. The Labute approximate surface area is 118 Å². The summed E-state index contributed by atoms with van der Waals surface area (Å²) in [5.74, 6) is 0. The third-order valence-corrected chi connectivity index (χ3v) is 3.89. The van der Waals surface area contributed by atoms with Gasteiger partial charge in [-0.05, 0) is 31.9 Å². The first-order chi connectivity index (χ1) is 9.69. The number of hydrogen-bond acceptors (Lipinski definition) is 2. The molecule has 20 heavy (non-hydrogen) atoms. The molecule has 1 atom stereocenters. The van der Waals surface area contributed by atoms with Gasteiger partial charge in [0.1, 0.15) is 6.17 Å². The fourth-order valence-electron chi connectivity index (χ4n) is 2.96. The minimum Gasteiger partial charge on any atom is -0.384 e. The molecule has 0 amide bonds. The highest BCUT2D eigenvalue weighted by Crippen LogP contribution is 2.34. The molecule has 0 fully saturated rings. The second-order valence-corrected chi connectivity index (χ2v) is 5.32. The smallest absolute Gasteiger partial charge is 0.133 e. The Morgan fingerprint density at radius 1 is 1.45 bits per heavy atom. The van der Waals surface area contributed by atoms with E-state index in [9.17, 15) is 4.39 Å². The number of fused-ring (bicyclic) bond motifs is 1. The molecule has 0 aliphatic carbocycles. The zero-order valence-electron chi connectivity index (χ0n) is 12.0. The van der Waals surface area contributed by atoms with Gasteiger partial charge in [-0.1, -0.05) is 18.2 Å². The third kappa shape index (κ3) is 2.30. The van der Waals surface area contributed by atoms with Gasteiger partial charge in [-0.3, -0.25) is 4.68 Å². The molecule has 0 bridgehead atoms. The van der Waals surface area contributed by atoms with Crippen molar-refractivity contribution in [3.8, 4) is 0 Å². The van der Waals surface area contributed by atoms with Crippen molar-refractivity contribution in [2.45, 2.75) is 39.4 Å². The molecule has 1 N–H and O–H groups in total. The summed E-state index contributed by atoms with van der Waals surface area (Å²) in [6.45, 7) is 5.67. The Morgan fingerprint density at radius 3 is 3.10 bits per heavy atom. The molecule has 106 valence electrons. The van der Waals surface area contributed by atoms with Crippen molar-refractivity contribution in [1.29, 1.82) is 0 Å². The highest BCUT2D eigenvalue weighted by atomic mass is 19.1. The molecule has 1 aliphatic heterocycles. The molecular formula is C16H20FN3. The van der Waals surface area contributed by atoms with E-state index in [1.807, 2.05) is 36.7 Å². The molecule has 3 nitrogen and oxygen atoms in total. The molecule has 1 aliphatic rings. The first-order valence-electron chi connectivity index (χ1n) is 7.22.